The molecule has 1 rings (SSSR count). The molecule has 1 aromatic rings. The van der Waals surface area contributed by atoms with Crippen molar-refractivity contribution >= 4 is 5.91 Å². The zero-order chi connectivity index (χ0) is 12.8. The third kappa shape index (κ3) is 3.96. The van der Waals surface area contributed by atoms with Crippen LogP contribution in [0.15, 0.2) is 30.9 Å². The minimum atomic E-state index is -0.718. The van der Waals surface area contributed by atoms with E-state index >= 15 is 0 Å². The highest BCUT2D eigenvalue weighted by molar-refractivity contribution is 5.81. The van der Waals surface area contributed by atoms with Crippen LogP contribution in [-0.4, -0.2) is 11.9 Å². The zero-order valence-corrected chi connectivity index (χ0v) is 9.25. The van der Waals surface area contributed by atoms with Gasteiger partial charge in [-0.15, -0.1) is 6.58 Å². The van der Waals surface area contributed by atoms with Crippen molar-refractivity contribution in [1.29, 1.82) is 0 Å². The lowest BCUT2D eigenvalue weighted by molar-refractivity contribution is -0.122. The first-order chi connectivity index (χ1) is 8.04. The second-order valence-electron chi connectivity index (χ2n) is 3.58. The molecule has 5 heteroatoms. The Labute approximate surface area is 98.3 Å². The van der Waals surface area contributed by atoms with Gasteiger partial charge in [-0.3, -0.25) is 4.79 Å². The molecule has 3 nitrogen and oxygen atoms in total. The maximum absolute atomic E-state index is 13.2. The molecule has 3 N–H and O–H groups in total. The number of nitrogens with two attached hydrogens (primary N) is 1. The summed E-state index contributed by atoms with van der Waals surface area (Å²) in [5, 5.41) is 2.43. The number of carbonyl (C=O) groups is 1. The van der Waals surface area contributed by atoms with E-state index in [1.54, 1.807) is 0 Å². The zero-order valence-electron chi connectivity index (χ0n) is 9.25. The Kier molecular flexibility index (Phi) is 4.78. The maximum atomic E-state index is 13.2. The Morgan fingerprint density at radius 3 is 2.88 bits per heavy atom. The summed E-state index contributed by atoms with van der Waals surface area (Å²) in [7, 11) is 0. The summed E-state index contributed by atoms with van der Waals surface area (Å²) < 4.78 is 26.0. The van der Waals surface area contributed by atoms with Crippen LogP contribution < -0.4 is 11.1 Å². The van der Waals surface area contributed by atoms with Crippen molar-refractivity contribution in [1.82, 2.24) is 5.32 Å². The van der Waals surface area contributed by atoms with Crippen molar-refractivity contribution in [2.24, 2.45) is 5.73 Å². The van der Waals surface area contributed by atoms with Gasteiger partial charge in [0.1, 0.15) is 11.6 Å². The number of benzene rings is 1. The molecule has 0 aliphatic rings. The molecule has 0 radical (unpaired) electrons. The molecular weight excluding hydrogens is 226 g/mol. The van der Waals surface area contributed by atoms with Gasteiger partial charge < -0.3 is 11.1 Å². The van der Waals surface area contributed by atoms with Crippen molar-refractivity contribution in [3.8, 4) is 0 Å². The standard InChI is InChI=1S/C12H14F2N2O/c1-2-3-11(15)12(17)16-7-8-6-9(13)4-5-10(8)14/h2,4-6,11H,1,3,7,15H2,(H,16,17). The molecule has 0 heterocycles. The summed E-state index contributed by atoms with van der Waals surface area (Å²) in [6.45, 7) is 3.37. The molecule has 0 aliphatic heterocycles. The highest BCUT2D eigenvalue weighted by atomic mass is 19.1. The van der Waals surface area contributed by atoms with E-state index in [1.807, 2.05) is 0 Å². The largest absolute Gasteiger partial charge is 0.351 e. The lowest BCUT2D eigenvalue weighted by atomic mass is 10.1. The van der Waals surface area contributed by atoms with E-state index in [0.29, 0.717) is 6.42 Å². The van der Waals surface area contributed by atoms with E-state index in [0.717, 1.165) is 18.2 Å². The number of halogens is 2. The van der Waals surface area contributed by atoms with Crippen LogP contribution in [0, 0.1) is 11.6 Å². The number of rotatable bonds is 5. The molecule has 0 aromatic heterocycles. The van der Waals surface area contributed by atoms with Gasteiger partial charge >= 0.3 is 0 Å². The first-order valence-corrected chi connectivity index (χ1v) is 5.12. The number of hydrogen-bond acceptors (Lipinski definition) is 2. The number of carbonyl (C=O) groups excluding carboxylic acids is 1. The molecule has 1 amide bonds. The predicted molar refractivity (Wildman–Crippen MR) is 61.0 cm³/mol. The van der Waals surface area contributed by atoms with Gasteiger partial charge in [-0.05, 0) is 24.6 Å². The summed E-state index contributed by atoms with van der Waals surface area (Å²) in [6.07, 6.45) is 1.85. The highest BCUT2D eigenvalue weighted by Crippen LogP contribution is 2.09. The van der Waals surface area contributed by atoms with Crippen LogP contribution in [-0.2, 0) is 11.3 Å². The Balaban J connectivity index is 2.58. The molecule has 0 bridgehead atoms. The van der Waals surface area contributed by atoms with Gasteiger partial charge in [0.2, 0.25) is 5.91 Å². The molecule has 1 unspecified atom stereocenters. The molecule has 17 heavy (non-hydrogen) atoms. The van der Waals surface area contributed by atoms with Gasteiger partial charge in [0.25, 0.3) is 0 Å². The summed E-state index contributed by atoms with van der Waals surface area (Å²) in [5.74, 6) is -1.54. The summed E-state index contributed by atoms with van der Waals surface area (Å²) in [6, 6.07) is 2.35. The van der Waals surface area contributed by atoms with Crippen LogP contribution in [0.3, 0.4) is 0 Å². The lowest BCUT2D eigenvalue weighted by Crippen LogP contribution is -2.39. The van der Waals surface area contributed by atoms with Crippen molar-refractivity contribution in [3.63, 3.8) is 0 Å². The van der Waals surface area contributed by atoms with E-state index in [1.165, 1.54) is 6.08 Å². The third-order valence-electron chi connectivity index (χ3n) is 2.22. The number of nitrogens with one attached hydrogen (secondary N) is 1. The van der Waals surface area contributed by atoms with Gasteiger partial charge in [0.15, 0.2) is 0 Å². The Hall–Kier alpha value is -1.75. The molecule has 92 valence electrons. The van der Waals surface area contributed by atoms with Gasteiger partial charge in [0, 0.05) is 12.1 Å². The molecule has 0 saturated heterocycles. The summed E-state index contributed by atoms with van der Waals surface area (Å²) >= 11 is 0. The van der Waals surface area contributed by atoms with Gasteiger partial charge in [0.05, 0.1) is 6.04 Å². The Bertz CT molecular complexity index is 421. The molecule has 0 spiro atoms. The van der Waals surface area contributed by atoms with Crippen molar-refractivity contribution in [3.05, 3.63) is 48.1 Å². The van der Waals surface area contributed by atoms with Crippen LogP contribution >= 0.6 is 0 Å². The maximum Gasteiger partial charge on any atom is 0.237 e. The Morgan fingerprint density at radius 2 is 2.24 bits per heavy atom. The van der Waals surface area contributed by atoms with Crippen molar-refractivity contribution in [2.75, 3.05) is 0 Å². The van der Waals surface area contributed by atoms with E-state index in [4.69, 9.17) is 5.73 Å². The Morgan fingerprint density at radius 1 is 1.53 bits per heavy atom. The van der Waals surface area contributed by atoms with Crippen molar-refractivity contribution in [2.45, 2.75) is 19.0 Å². The molecule has 0 aliphatic carbocycles. The first kappa shape index (κ1) is 13.3. The number of hydrogen-bond donors (Lipinski definition) is 2. The fourth-order valence-electron chi connectivity index (χ4n) is 1.28. The van der Waals surface area contributed by atoms with Crippen LogP contribution in [0.25, 0.3) is 0 Å². The van der Waals surface area contributed by atoms with Gasteiger partial charge in [-0.25, -0.2) is 8.78 Å². The van der Waals surface area contributed by atoms with E-state index in [2.05, 4.69) is 11.9 Å². The SMILES string of the molecule is C=CCC(N)C(=O)NCc1cc(F)ccc1F. The van der Waals surface area contributed by atoms with Gasteiger partial charge in [-0.1, -0.05) is 6.08 Å². The first-order valence-electron chi connectivity index (χ1n) is 5.12. The van der Waals surface area contributed by atoms with Gasteiger partial charge in [-0.2, -0.15) is 0 Å². The fraction of sp³-hybridized carbons (Fsp3) is 0.250. The second kappa shape index (κ2) is 6.10. The van der Waals surface area contributed by atoms with Crippen molar-refractivity contribution < 1.29 is 13.6 Å². The fourth-order valence-corrected chi connectivity index (χ4v) is 1.28. The lowest BCUT2D eigenvalue weighted by Gasteiger charge is -2.10. The molecule has 0 fully saturated rings. The normalized spacial score (nSPS) is 11.9. The molecule has 1 atom stereocenters. The smallest absolute Gasteiger partial charge is 0.237 e. The minimum Gasteiger partial charge on any atom is -0.351 e. The molecule has 1 aromatic carbocycles. The summed E-state index contributed by atoms with van der Waals surface area (Å²) in [4.78, 5) is 11.4. The van der Waals surface area contributed by atoms with Crippen LogP contribution in [0.5, 0.6) is 0 Å². The van der Waals surface area contributed by atoms with Crippen LogP contribution in [0.1, 0.15) is 12.0 Å². The average Bonchev–Trinajstić information content (AvgIpc) is 2.30. The van der Waals surface area contributed by atoms with E-state index < -0.39 is 23.6 Å². The minimum absolute atomic E-state index is 0.0872. The molecule has 0 saturated carbocycles. The topological polar surface area (TPSA) is 55.1 Å². The average molecular weight is 240 g/mol. The quantitative estimate of drug-likeness (QED) is 0.766. The number of amides is 1. The highest BCUT2D eigenvalue weighted by Gasteiger charge is 2.12. The van der Waals surface area contributed by atoms with Crippen LogP contribution in [0.2, 0.25) is 0 Å². The monoisotopic (exact) mass is 240 g/mol. The summed E-state index contributed by atoms with van der Waals surface area (Å²) in [5.41, 5.74) is 5.60. The second-order valence-corrected chi connectivity index (χ2v) is 3.58. The third-order valence-corrected chi connectivity index (χ3v) is 2.22. The molecular formula is C12H14F2N2O. The van der Waals surface area contributed by atoms with E-state index in [-0.39, 0.29) is 12.1 Å². The predicted octanol–water partition coefficient (Wildman–Crippen LogP) is 1.48. The van der Waals surface area contributed by atoms with Crippen LogP contribution in [0.4, 0.5) is 8.78 Å². The van der Waals surface area contributed by atoms with E-state index in [9.17, 15) is 13.6 Å².